The molecule has 1 N–H and O–H groups in total. The number of hydrogen-bond acceptors (Lipinski definition) is 6. The summed E-state index contributed by atoms with van der Waals surface area (Å²) < 4.78 is 43.9. The summed E-state index contributed by atoms with van der Waals surface area (Å²) in [6.45, 7) is 11.2. The van der Waals surface area contributed by atoms with Gasteiger partial charge in [-0.3, -0.25) is 14.1 Å². The average Bonchev–Trinajstić information content (AvgIpc) is 2.61. The van der Waals surface area contributed by atoms with Crippen LogP contribution in [0, 0.1) is 0 Å². The topological polar surface area (TPSA) is 107 Å². The first-order chi connectivity index (χ1) is 12.9. The van der Waals surface area contributed by atoms with Crippen LogP contribution in [0.25, 0.3) is 0 Å². The molecule has 0 aliphatic rings. The number of esters is 2. The third kappa shape index (κ3) is 9.37. The van der Waals surface area contributed by atoms with E-state index in [2.05, 4.69) is 0 Å². The van der Waals surface area contributed by atoms with Crippen molar-refractivity contribution in [1.82, 2.24) is 0 Å². The zero-order chi connectivity index (χ0) is 22.0. The number of hydrogen-bond donors (Lipinski definition) is 1. The van der Waals surface area contributed by atoms with Gasteiger partial charge in [0.1, 0.15) is 11.2 Å². The number of carbonyl (C=O) groups excluding carboxylic acids is 2. The third-order valence-electron chi connectivity index (χ3n) is 5.30. The Kier molecular flexibility index (Phi) is 11.3. The molecule has 0 aliphatic heterocycles. The van der Waals surface area contributed by atoms with Gasteiger partial charge in [0.2, 0.25) is 0 Å². The van der Waals surface area contributed by atoms with Crippen molar-refractivity contribution in [2.75, 3.05) is 0 Å². The maximum atomic E-state index is 12.5. The fourth-order valence-electron chi connectivity index (χ4n) is 2.79. The number of carbonyl (C=O) groups is 2. The van der Waals surface area contributed by atoms with Crippen LogP contribution in [0.15, 0.2) is 0 Å². The molecule has 0 radical (unpaired) electrons. The molecule has 0 spiro atoms. The van der Waals surface area contributed by atoms with E-state index in [9.17, 15) is 22.6 Å². The molecule has 8 heteroatoms. The van der Waals surface area contributed by atoms with Crippen LogP contribution in [0.1, 0.15) is 99.3 Å². The molecule has 0 aliphatic carbocycles. The van der Waals surface area contributed by atoms with E-state index in [4.69, 9.17) is 9.47 Å². The van der Waals surface area contributed by atoms with Gasteiger partial charge in [-0.05, 0) is 52.4 Å². The summed E-state index contributed by atoms with van der Waals surface area (Å²) in [5.74, 6) is -1.96. The van der Waals surface area contributed by atoms with Gasteiger partial charge in [-0.15, -0.1) is 0 Å². The fraction of sp³-hybridized carbons (Fsp3) is 0.900. The van der Waals surface area contributed by atoms with E-state index in [1.165, 1.54) is 0 Å². The second kappa shape index (κ2) is 11.8. The lowest BCUT2D eigenvalue weighted by Crippen LogP contribution is -2.41. The van der Waals surface area contributed by atoms with Crippen LogP contribution >= 0.6 is 0 Å². The summed E-state index contributed by atoms with van der Waals surface area (Å²) in [5, 5.41) is -1.99. The summed E-state index contributed by atoms with van der Waals surface area (Å²) in [4.78, 5) is 24.8. The van der Waals surface area contributed by atoms with Gasteiger partial charge in [0.05, 0.1) is 6.42 Å². The zero-order valence-corrected chi connectivity index (χ0v) is 19.1. The first-order valence-corrected chi connectivity index (χ1v) is 11.8. The molecular formula is C20H38O7S. The predicted octanol–water partition coefficient (Wildman–Crippen LogP) is 4.44. The standard InChI is InChI=1S/C20H38O7S/c1-7-11-13-19(5,9-3)26-17(21)15-16(28(23,24)25)18(22)27-20(6,10-4)14-12-8-2/h16H,7-15H2,1-6H3,(H,23,24,25). The fourth-order valence-corrected chi connectivity index (χ4v) is 3.43. The van der Waals surface area contributed by atoms with Crippen LogP contribution in [0.2, 0.25) is 0 Å². The van der Waals surface area contributed by atoms with Crippen LogP contribution in [0.5, 0.6) is 0 Å². The second-order valence-electron chi connectivity index (χ2n) is 7.92. The summed E-state index contributed by atoms with van der Waals surface area (Å²) in [7, 11) is -4.81. The molecule has 166 valence electrons. The van der Waals surface area contributed by atoms with Gasteiger partial charge in [0, 0.05) is 0 Å². The van der Waals surface area contributed by atoms with Crippen molar-refractivity contribution in [3.8, 4) is 0 Å². The monoisotopic (exact) mass is 422 g/mol. The Morgan fingerprint density at radius 3 is 1.68 bits per heavy atom. The number of ether oxygens (including phenoxy) is 2. The Labute approximate surface area is 170 Å². The van der Waals surface area contributed by atoms with Crippen molar-refractivity contribution in [3.05, 3.63) is 0 Å². The summed E-state index contributed by atoms with van der Waals surface area (Å²) in [6, 6.07) is 0. The molecular weight excluding hydrogens is 384 g/mol. The lowest BCUT2D eigenvalue weighted by atomic mass is 9.95. The molecule has 0 heterocycles. The smallest absolute Gasteiger partial charge is 0.327 e. The van der Waals surface area contributed by atoms with Crippen LogP contribution in [0.4, 0.5) is 0 Å². The lowest BCUT2D eigenvalue weighted by Gasteiger charge is -2.31. The highest BCUT2D eigenvalue weighted by Gasteiger charge is 2.40. The third-order valence-corrected chi connectivity index (χ3v) is 6.37. The normalized spacial score (nSPS) is 17.2. The molecule has 0 fully saturated rings. The Morgan fingerprint density at radius 1 is 0.893 bits per heavy atom. The first-order valence-electron chi connectivity index (χ1n) is 10.3. The van der Waals surface area contributed by atoms with E-state index >= 15 is 0 Å². The van der Waals surface area contributed by atoms with Crippen molar-refractivity contribution in [2.24, 2.45) is 0 Å². The first kappa shape index (κ1) is 26.9. The van der Waals surface area contributed by atoms with Gasteiger partial charge in [-0.2, -0.15) is 8.42 Å². The quantitative estimate of drug-likeness (QED) is 0.326. The van der Waals surface area contributed by atoms with Crippen LogP contribution in [0.3, 0.4) is 0 Å². The van der Waals surface area contributed by atoms with Crippen LogP contribution < -0.4 is 0 Å². The van der Waals surface area contributed by atoms with Gasteiger partial charge in [-0.25, -0.2) is 0 Å². The lowest BCUT2D eigenvalue weighted by molar-refractivity contribution is -0.166. The summed E-state index contributed by atoms with van der Waals surface area (Å²) in [5.41, 5.74) is -1.58. The number of rotatable bonds is 14. The molecule has 3 atom stereocenters. The highest BCUT2D eigenvalue weighted by Crippen LogP contribution is 2.27. The Balaban J connectivity index is 5.28. The highest BCUT2D eigenvalue weighted by atomic mass is 32.2. The summed E-state index contributed by atoms with van der Waals surface area (Å²) >= 11 is 0. The van der Waals surface area contributed by atoms with Gasteiger partial charge < -0.3 is 9.47 Å². The second-order valence-corrected chi connectivity index (χ2v) is 9.52. The molecule has 7 nitrogen and oxygen atoms in total. The molecule has 0 bridgehead atoms. The highest BCUT2D eigenvalue weighted by molar-refractivity contribution is 7.87. The van der Waals surface area contributed by atoms with E-state index < -0.39 is 44.9 Å². The molecule has 0 aromatic heterocycles. The minimum absolute atomic E-state index is 0.492. The molecule has 0 saturated heterocycles. The Bertz CT molecular complexity index is 602. The van der Waals surface area contributed by atoms with Crippen molar-refractivity contribution in [2.45, 2.75) is 116 Å². The van der Waals surface area contributed by atoms with E-state index in [0.29, 0.717) is 25.7 Å². The zero-order valence-electron chi connectivity index (χ0n) is 18.2. The van der Waals surface area contributed by atoms with Gasteiger partial charge in [-0.1, -0.05) is 40.5 Å². The molecule has 0 amide bonds. The van der Waals surface area contributed by atoms with E-state index in [1.54, 1.807) is 13.8 Å². The minimum Gasteiger partial charge on any atom is -0.459 e. The van der Waals surface area contributed by atoms with E-state index in [1.807, 2.05) is 27.7 Å². The van der Waals surface area contributed by atoms with Gasteiger partial charge >= 0.3 is 11.9 Å². The number of unbranched alkanes of at least 4 members (excludes halogenated alkanes) is 2. The molecule has 0 aromatic rings. The molecule has 3 unspecified atom stereocenters. The maximum Gasteiger partial charge on any atom is 0.327 e. The van der Waals surface area contributed by atoms with Crippen molar-refractivity contribution < 1.29 is 32.0 Å². The minimum atomic E-state index is -4.81. The van der Waals surface area contributed by atoms with Crippen molar-refractivity contribution in [1.29, 1.82) is 0 Å². The molecule has 28 heavy (non-hydrogen) atoms. The molecule has 0 rings (SSSR count). The van der Waals surface area contributed by atoms with E-state index in [-0.39, 0.29) is 0 Å². The Morgan fingerprint density at radius 2 is 1.32 bits per heavy atom. The van der Waals surface area contributed by atoms with Crippen LogP contribution in [-0.2, 0) is 29.2 Å². The predicted molar refractivity (Wildman–Crippen MR) is 109 cm³/mol. The van der Waals surface area contributed by atoms with Gasteiger partial charge in [0.15, 0.2) is 5.25 Å². The summed E-state index contributed by atoms with van der Waals surface area (Å²) in [6.07, 6.45) is 4.98. The molecule has 0 saturated carbocycles. The van der Waals surface area contributed by atoms with Gasteiger partial charge in [0.25, 0.3) is 10.1 Å². The SMILES string of the molecule is CCCCC(C)(CC)OC(=O)CC(C(=O)OC(C)(CC)CCCC)S(=O)(=O)O. The van der Waals surface area contributed by atoms with E-state index in [0.717, 1.165) is 25.7 Å². The Hall–Kier alpha value is -1.15. The molecule has 0 aromatic carbocycles. The van der Waals surface area contributed by atoms with Crippen molar-refractivity contribution in [3.63, 3.8) is 0 Å². The maximum absolute atomic E-state index is 12.5. The van der Waals surface area contributed by atoms with Crippen LogP contribution in [-0.4, -0.2) is 41.4 Å². The average molecular weight is 423 g/mol. The largest absolute Gasteiger partial charge is 0.459 e. The van der Waals surface area contributed by atoms with Crippen molar-refractivity contribution >= 4 is 22.1 Å².